The molecule has 1 fully saturated rings. The van der Waals surface area contributed by atoms with Crippen LogP contribution in [0.1, 0.15) is 25.3 Å². The van der Waals surface area contributed by atoms with Crippen LogP contribution in [0.15, 0.2) is 54.9 Å². The second-order valence-electron chi connectivity index (χ2n) is 9.37. The maximum atomic E-state index is 13.2. The minimum atomic E-state index is -1.03. The van der Waals surface area contributed by atoms with Gasteiger partial charge in [-0.1, -0.05) is 18.2 Å². The number of aliphatic hydroxyl groups is 1. The van der Waals surface area contributed by atoms with Gasteiger partial charge in [0.1, 0.15) is 11.6 Å². The standard InChI is InChI=1S/C27H26N6O3/c1-16(34)26(35)32-10-8-20(9-11-32)33-25-19(15-30-27(33)36)14-29-23-7-6-22(31-24(23)25)18-12-17-4-2-3-5-21(17)28-13-18/h2-7,12-14,16,20,34H,8-11,15H2,1H3,(H,30,36)/t16-/m0/s1. The molecule has 1 aromatic carbocycles. The zero-order chi connectivity index (χ0) is 24.8. The third-order valence-electron chi connectivity index (χ3n) is 7.04. The number of fused-ring (bicyclic) bond motifs is 4. The van der Waals surface area contributed by atoms with Gasteiger partial charge in [0, 0.05) is 54.6 Å². The third kappa shape index (κ3) is 3.81. The van der Waals surface area contributed by atoms with Crippen molar-refractivity contribution in [3.8, 4) is 11.3 Å². The average Bonchev–Trinajstić information content (AvgIpc) is 2.92. The number of anilines is 1. The van der Waals surface area contributed by atoms with Gasteiger partial charge in [0.2, 0.25) is 0 Å². The van der Waals surface area contributed by atoms with Crippen LogP contribution in [0, 0.1) is 0 Å². The number of pyridine rings is 3. The first-order valence-electron chi connectivity index (χ1n) is 12.2. The van der Waals surface area contributed by atoms with E-state index in [1.54, 1.807) is 16.0 Å². The summed E-state index contributed by atoms with van der Waals surface area (Å²) in [6, 6.07) is 13.6. The molecule has 2 N–H and O–H groups in total. The molecule has 5 heterocycles. The Morgan fingerprint density at radius 2 is 1.86 bits per heavy atom. The third-order valence-corrected chi connectivity index (χ3v) is 7.04. The number of carbonyl (C=O) groups is 2. The molecule has 0 bridgehead atoms. The van der Waals surface area contributed by atoms with E-state index in [0.717, 1.165) is 33.4 Å². The molecule has 2 aliphatic heterocycles. The largest absolute Gasteiger partial charge is 0.384 e. The molecule has 3 amide bonds. The first-order valence-corrected chi connectivity index (χ1v) is 12.2. The van der Waals surface area contributed by atoms with E-state index in [0.29, 0.717) is 43.5 Å². The van der Waals surface area contributed by atoms with Crippen molar-refractivity contribution >= 4 is 39.6 Å². The Labute approximate surface area is 207 Å². The van der Waals surface area contributed by atoms with Crippen LogP contribution in [0.3, 0.4) is 0 Å². The van der Waals surface area contributed by atoms with Gasteiger partial charge in [-0.25, -0.2) is 9.78 Å². The van der Waals surface area contributed by atoms with Gasteiger partial charge in [-0.2, -0.15) is 0 Å². The van der Waals surface area contributed by atoms with E-state index in [9.17, 15) is 14.7 Å². The van der Waals surface area contributed by atoms with E-state index in [-0.39, 0.29) is 18.0 Å². The normalized spacial score (nSPS) is 17.2. The van der Waals surface area contributed by atoms with Gasteiger partial charge in [-0.15, -0.1) is 0 Å². The molecule has 1 atom stereocenters. The number of hydrogen-bond acceptors (Lipinski definition) is 6. The fraction of sp³-hybridized carbons (Fsp3) is 0.296. The zero-order valence-corrected chi connectivity index (χ0v) is 19.9. The Morgan fingerprint density at radius 3 is 2.67 bits per heavy atom. The summed E-state index contributed by atoms with van der Waals surface area (Å²) in [6.45, 7) is 2.84. The number of urea groups is 1. The van der Waals surface area contributed by atoms with Crippen LogP contribution in [0.4, 0.5) is 10.5 Å². The topological polar surface area (TPSA) is 112 Å². The van der Waals surface area contributed by atoms with Crippen molar-refractivity contribution < 1.29 is 14.7 Å². The molecule has 9 heteroatoms. The van der Waals surface area contributed by atoms with Gasteiger partial charge in [0.15, 0.2) is 0 Å². The molecule has 0 spiro atoms. The summed E-state index contributed by atoms with van der Waals surface area (Å²) < 4.78 is 0. The van der Waals surface area contributed by atoms with Crippen molar-refractivity contribution in [2.45, 2.75) is 38.5 Å². The molecule has 9 nitrogen and oxygen atoms in total. The molecule has 2 aliphatic rings. The quantitative estimate of drug-likeness (QED) is 0.464. The maximum absolute atomic E-state index is 13.2. The first-order chi connectivity index (χ1) is 17.5. The Hall–Kier alpha value is -4.11. The number of para-hydroxylation sites is 1. The second-order valence-corrected chi connectivity index (χ2v) is 9.37. The van der Waals surface area contributed by atoms with Crippen molar-refractivity contribution in [1.29, 1.82) is 0 Å². The summed E-state index contributed by atoms with van der Waals surface area (Å²) >= 11 is 0. The number of rotatable bonds is 3. The minimum absolute atomic E-state index is 0.0968. The SMILES string of the molecule is C[C@H](O)C(=O)N1CCC(N2C(=O)NCc3cnc4ccc(-c5cnc6ccccc6c5)nc4c32)CC1. The van der Waals surface area contributed by atoms with Crippen molar-refractivity contribution in [3.05, 3.63) is 60.4 Å². The van der Waals surface area contributed by atoms with Crippen LogP contribution in [0.5, 0.6) is 0 Å². The molecule has 1 saturated heterocycles. The van der Waals surface area contributed by atoms with Crippen LogP contribution in [-0.2, 0) is 11.3 Å². The molecule has 0 unspecified atom stereocenters. The zero-order valence-electron chi connectivity index (χ0n) is 19.9. The highest BCUT2D eigenvalue weighted by Gasteiger charge is 2.36. The van der Waals surface area contributed by atoms with Crippen molar-refractivity contribution in [1.82, 2.24) is 25.2 Å². The van der Waals surface area contributed by atoms with Gasteiger partial charge >= 0.3 is 6.03 Å². The number of likely N-dealkylation sites (tertiary alicyclic amines) is 1. The van der Waals surface area contributed by atoms with Crippen molar-refractivity contribution in [2.75, 3.05) is 18.0 Å². The highest BCUT2D eigenvalue weighted by Crippen LogP contribution is 2.36. The smallest absolute Gasteiger partial charge is 0.322 e. The number of amides is 3. The van der Waals surface area contributed by atoms with Gasteiger partial charge < -0.3 is 15.3 Å². The Balaban J connectivity index is 1.40. The minimum Gasteiger partial charge on any atom is -0.384 e. The number of hydrogen-bond donors (Lipinski definition) is 2. The number of nitrogens with zero attached hydrogens (tertiary/aromatic N) is 5. The summed E-state index contributed by atoms with van der Waals surface area (Å²) in [7, 11) is 0. The van der Waals surface area contributed by atoms with Gasteiger partial charge in [0.05, 0.1) is 22.4 Å². The molecule has 0 radical (unpaired) electrons. The molecule has 3 aromatic heterocycles. The van der Waals surface area contributed by atoms with E-state index in [1.165, 1.54) is 6.92 Å². The lowest BCUT2D eigenvalue weighted by Gasteiger charge is -2.41. The highest BCUT2D eigenvalue weighted by atomic mass is 16.3. The molecule has 6 rings (SSSR count). The second kappa shape index (κ2) is 8.83. The maximum Gasteiger partial charge on any atom is 0.322 e. The van der Waals surface area contributed by atoms with Crippen LogP contribution in [-0.4, -0.2) is 62.1 Å². The molecular formula is C27H26N6O3. The van der Waals surface area contributed by atoms with Gasteiger partial charge in [-0.3, -0.25) is 19.7 Å². The lowest BCUT2D eigenvalue weighted by Crippen LogP contribution is -2.54. The van der Waals surface area contributed by atoms with Gasteiger partial charge in [0.25, 0.3) is 5.91 Å². The molecule has 0 saturated carbocycles. The van der Waals surface area contributed by atoms with E-state index < -0.39 is 6.10 Å². The van der Waals surface area contributed by atoms with Crippen molar-refractivity contribution in [3.63, 3.8) is 0 Å². The number of nitrogens with one attached hydrogen (secondary N) is 1. The van der Waals surface area contributed by atoms with Crippen LogP contribution in [0.25, 0.3) is 33.2 Å². The first kappa shape index (κ1) is 22.4. The summed E-state index contributed by atoms with van der Waals surface area (Å²) in [5.74, 6) is -0.276. The van der Waals surface area contributed by atoms with Crippen LogP contribution < -0.4 is 10.2 Å². The lowest BCUT2D eigenvalue weighted by molar-refractivity contribution is -0.140. The van der Waals surface area contributed by atoms with E-state index in [1.807, 2.05) is 42.6 Å². The number of piperidine rings is 1. The van der Waals surface area contributed by atoms with Crippen LogP contribution >= 0.6 is 0 Å². The molecule has 4 aromatic rings. The molecule has 36 heavy (non-hydrogen) atoms. The number of aromatic nitrogens is 3. The fourth-order valence-electron chi connectivity index (χ4n) is 5.18. The monoisotopic (exact) mass is 482 g/mol. The molecule has 0 aliphatic carbocycles. The number of benzene rings is 1. The predicted octanol–water partition coefficient (Wildman–Crippen LogP) is 3.25. The van der Waals surface area contributed by atoms with Gasteiger partial charge in [-0.05, 0) is 44.0 Å². The summed E-state index contributed by atoms with van der Waals surface area (Å²) in [5.41, 5.74) is 5.65. The van der Waals surface area contributed by atoms with E-state index >= 15 is 0 Å². The van der Waals surface area contributed by atoms with Crippen LogP contribution in [0.2, 0.25) is 0 Å². The number of aliphatic hydroxyl groups excluding tert-OH is 1. The van der Waals surface area contributed by atoms with E-state index in [2.05, 4.69) is 21.4 Å². The average molecular weight is 483 g/mol. The van der Waals surface area contributed by atoms with Crippen molar-refractivity contribution in [2.24, 2.45) is 0 Å². The Bertz CT molecular complexity index is 1500. The Morgan fingerprint density at radius 1 is 1.08 bits per heavy atom. The lowest BCUT2D eigenvalue weighted by atomic mass is 9.99. The predicted molar refractivity (Wildman–Crippen MR) is 136 cm³/mol. The Kier molecular flexibility index (Phi) is 5.49. The highest BCUT2D eigenvalue weighted by molar-refractivity contribution is 6.04. The summed E-state index contributed by atoms with van der Waals surface area (Å²) in [6.07, 6.45) is 3.82. The van der Waals surface area contributed by atoms with E-state index in [4.69, 9.17) is 4.98 Å². The fourth-order valence-corrected chi connectivity index (χ4v) is 5.18. The molecule has 182 valence electrons. The molecular weight excluding hydrogens is 456 g/mol. The number of carbonyl (C=O) groups excluding carboxylic acids is 2. The summed E-state index contributed by atoms with van der Waals surface area (Å²) in [5, 5.41) is 13.7. The summed E-state index contributed by atoms with van der Waals surface area (Å²) in [4.78, 5) is 43.0.